The highest BCUT2D eigenvalue weighted by atomic mass is 16.5. The molecule has 0 aromatic carbocycles. The van der Waals surface area contributed by atoms with Crippen LogP contribution >= 0.6 is 0 Å². The van der Waals surface area contributed by atoms with Gasteiger partial charge in [0.2, 0.25) is 0 Å². The van der Waals surface area contributed by atoms with Gasteiger partial charge in [-0.25, -0.2) is 0 Å². The number of hydrogen-bond acceptors (Lipinski definition) is 4. The Morgan fingerprint density at radius 3 is 2.90 bits per heavy atom. The monoisotopic (exact) mass is 295 g/mol. The van der Waals surface area contributed by atoms with Crippen molar-refractivity contribution in [3.63, 3.8) is 0 Å². The van der Waals surface area contributed by atoms with E-state index in [0.29, 0.717) is 25.3 Å². The van der Waals surface area contributed by atoms with Crippen LogP contribution in [0.5, 0.6) is 0 Å². The molecule has 0 spiro atoms. The van der Waals surface area contributed by atoms with Gasteiger partial charge in [-0.15, -0.1) is 0 Å². The van der Waals surface area contributed by atoms with Crippen molar-refractivity contribution in [1.29, 1.82) is 0 Å². The van der Waals surface area contributed by atoms with Gasteiger partial charge in [0.15, 0.2) is 0 Å². The highest BCUT2D eigenvalue weighted by Crippen LogP contribution is 2.25. The lowest BCUT2D eigenvalue weighted by Gasteiger charge is -2.26. The first kappa shape index (κ1) is 16.0. The maximum Gasteiger partial charge on any atom is 0.269 e. The smallest absolute Gasteiger partial charge is 0.269 e. The summed E-state index contributed by atoms with van der Waals surface area (Å²) in [7, 11) is 0. The summed E-state index contributed by atoms with van der Waals surface area (Å²) in [6.45, 7) is 9.23. The van der Waals surface area contributed by atoms with Crippen molar-refractivity contribution in [2.45, 2.75) is 58.3 Å². The molecule has 0 aliphatic carbocycles. The molecule has 1 saturated heterocycles. The Labute approximate surface area is 125 Å². The number of aliphatic hydroxyl groups is 1. The third-order valence-electron chi connectivity index (χ3n) is 4.14. The summed E-state index contributed by atoms with van der Waals surface area (Å²) >= 11 is 0. The van der Waals surface area contributed by atoms with Crippen molar-refractivity contribution >= 4 is 5.91 Å². The minimum Gasteiger partial charge on any atom is -0.385 e. The standard InChI is InChI=1S/C15H25N3O3/c1-5-18-13(8-12(17-18)10(2)3)14(19)16-9-15(20)6-7-21-11(15)4/h8,10-11,20H,5-7,9H2,1-4H3,(H,16,19). The minimum atomic E-state index is -0.979. The van der Waals surface area contributed by atoms with Crippen LogP contribution in [0.25, 0.3) is 0 Å². The number of aromatic nitrogens is 2. The largest absolute Gasteiger partial charge is 0.385 e. The quantitative estimate of drug-likeness (QED) is 0.858. The van der Waals surface area contributed by atoms with Crippen LogP contribution in [0.4, 0.5) is 0 Å². The molecule has 1 aliphatic rings. The number of rotatable bonds is 5. The SMILES string of the molecule is CCn1nc(C(C)C)cc1C(=O)NCC1(O)CCOC1C. The van der Waals surface area contributed by atoms with Crippen LogP contribution in [0.1, 0.15) is 56.2 Å². The van der Waals surface area contributed by atoms with E-state index in [-0.39, 0.29) is 24.5 Å². The van der Waals surface area contributed by atoms with Crippen LogP contribution in [0.3, 0.4) is 0 Å². The Bertz CT molecular complexity index is 512. The second kappa shape index (κ2) is 6.15. The van der Waals surface area contributed by atoms with Gasteiger partial charge in [-0.3, -0.25) is 9.48 Å². The van der Waals surface area contributed by atoms with E-state index in [0.717, 1.165) is 5.69 Å². The van der Waals surface area contributed by atoms with Gasteiger partial charge in [0.25, 0.3) is 5.91 Å². The van der Waals surface area contributed by atoms with Crippen LogP contribution in [0.15, 0.2) is 6.07 Å². The van der Waals surface area contributed by atoms with E-state index in [9.17, 15) is 9.90 Å². The molecule has 6 nitrogen and oxygen atoms in total. The Morgan fingerprint density at radius 1 is 1.67 bits per heavy atom. The zero-order valence-corrected chi connectivity index (χ0v) is 13.2. The second-order valence-corrected chi connectivity index (χ2v) is 5.97. The maximum atomic E-state index is 12.3. The number of amides is 1. The van der Waals surface area contributed by atoms with Crippen LogP contribution in [0, 0.1) is 0 Å². The Hall–Kier alpha value is -1.40. The summed E-state index contributed by atoms with van der Waals surface area (Å²) in [5.41, 5.74) is 0.461. The Balaban J connectivity index is 2.06. The zero-order chi connectivity index (χ0) is 15.6. The van der Waals surface area contributed by atoms with Crippen molar-refractivity contribution in [1.82, 2.24) is 15.1 Å². The fourth-order valence-electron chi connectivity index (χ4n) is 2.47. The average molecular weight is 295 g/mol. The van der Waals surface area contributed by atoms with Crippen LogP contribution in [0.2, 0.25) is 0 Å². The van der Waals surface area contributed by atoms with Gasteiger partial charge in [0.1, 0.15) is 11.3 Å². The molecular weight excluding hydrogens is 270 g/mol. The van der Waals surface area contributed by atoms with E-state index < -0.39 is 5.60 Å². The fourth-order valence-corrected chi connectivity index (χ4v) is 2.47. The van der Waals surface area contributed by atoms with Crippen LogP contribution in [-0.2, 0) is 11.3 Å². The lowest BCUT2D eigenvalue weighted by Crippen LogP contribution is -2.47. The molecule has 1 fully saturated rings. The molecule has 0 radical (unpaired) electrons. The van der Waals surface area contributed by atoms with E-state index in [1.165, 1.54) is 0 Å². The van der Waals surface area contributed by atoms with Gasteiger partial charge in [0.05, 0.1) is 11.8 Å². The average Bonchev–Trinajstić information content (AvgIpc) is 3.01. The molecule has 118 valence electrons. The van der Waals surface area contributed by atoms with E-state index in [4.69, 9.17) is 4.74 Å². The summed E-state index contributed by atoms with van der Waals surface area (Å²) in [4.78, 5) is 12.3. The normalized spacial score (nSPS) is 25.5. The molecule has 2 rings (SSSR count). The summed E-state index contributed by atoms with van der Waals surface area (Å²) in [5, 5.41) is 17.7. The molecule has 21 heavy (non-hydrogen) atoms. The van der Waals surface area contributed by atoms with Gasteiger partial charge in [-0.2, -0.15) is 5.10 Å². The highest BCUT2D eigenvalue weighted by molar-refractivity contribution is 5.92. The van der Waals surface area contributed by atoms with E-state index in [2.05, 4.69) is 10.4 Å². The first-order valence-corrected chi connectivity index (χ1v) is 7.57. The third kappa shape index (κ3) is 3.27. The third-order valence-corrected chi connectivity index (χ3v) is 4.14. The van der Waals surface area contributed by atoms with E-state index in [1.807, 2.05) is 33.8 Å². The second-order valence-electron chi connectivity index (χ2n) is 5.97. The molecule has 6 heteroatoms. The van der Waals surface area contributed by atoms with E-state index in [1.54, 1.807) is 4.68 Å². The number of hydrogen-bond donors (Lipinski definition) is 2. The van der Waals surface area contributed by atoms with Crippen molar-refractivity contribution in [3.8, 4) is 0 Å². The van der Waals surface area contributed by atoms with Crippen molar-refractivity contribution in [2.24, 2.45) is 0 Å². The lowest BCUT2D eigenvalue weighted by molar-refractivity contribution is -0.0252. The first-order chi connectivity index (χ1) is 9.87. The van der Waals surface area contributed by atoms with Gasteiger partial charge < -0.3 is 15.2 Å². The van der Waals surface area contributed by atoms with Crippen LogP contribution < -0.4 is 5.32 Å². The summed E-state index contributed by atoms with van der Waals surface area (Å²) in [5.74, 6) is 0.0700. The molecular formula is C15H25N3O3. The Kier molecular flexibility index (Phi) is 4.68. The summed E-state index contributed by atoms with van der Waals surface area (Å²) in [6, 6.07) is 1.82. The fraction of sp³-hybridized carbons (Fsp3) is 0.733. The number of nitrogens with one attached hydrogen (secondary N) is 1. The van der Waals surface area contributed by atoms with Crippen molar-refractivity contribution in [2.75, 3.05) is 13.2 Å². The number of nitrogens with zero attached hydrogens (tertiary/aromatic N) is 2. The van der Waals surface area contributed by atoms with E-state index >= 15 is 0 Å². The molecule has 1 aliphatic heterocycles. The number of carbonyl (C=O) groups excluding carboxylic acids is 1. The topological polar surface area (TPSA) is 76.4 Å². The zero-order valence-electron chi connectivity index (χ0n) is 13.2. The predicted molar refractivity (Wildman–Crippen MR) is 79.3 cm³/mol. The van der Waals surface area contributed by atoms with Gasteiger partial charge in [-0.05, 0) is 25.8 Å². The maximum absolute atomic E-state index is 12.3. The predicted octanol–water partition coefficient (Wildman–Crippen LogP) is 1.30. The van der Waals surface area contributed by atoms with Crippen molar-refractivity contribution in [3.05, 3.63) is 17.5 Å². The molecule has 2 atom stereocenters. The van der Waals surface area contributed by atoms with Gasteiger partial charge in [0, 0.05) is 26.1 Å². The minimum absolute atomic E-state index is 0.193. The number of carbonyl (C=O) groups is 1. The van der Waals surface area contributed by atoms with Crippen molar-refractivity contribution < 1.29 is 14.6 Å². The van der Waals surface area contributed by atoms with Gasteiger partial charge >= 0.3 is 0 Å². The molecule has 0 saturated carbocycles. The molecule has 1 amide bonds. The molecule has 0 bridgehead atoms. The summed E-state index contributed by atoms with van der Waals surface area (Å²) < 4.78 is 7.07. The number of ether oxygens (including phenoxy) is 1. The lowest BCUT2D eigenvalue weighted by atomic mass is 9.97. The molecule has 2 heterocycles. The highest BCUT2D eigenvalue weighted by Gasteiger charge is 2.39. The number of aryl methyl sites for hydroxylation is 1. The molecule has 2 N–H and O–H groups in total. The molecule has 1 aromatic rings. The molecule has 1 aromatic heterocycles. The molecule has 2 unspecified atom stereocenters. The first-order valence-electron chi connectivity index (χ1n) is 7.57. The van der Waals surface area contributed by atoms with Crippen LogP contribution in [-0.4, -0.2) is 45.7 Å². The van der Waals surface area contributed by atoms with Gasteiger partial charge in [-0.1, -0.05) is 13.8 Å². The Morgan fingerprint density at radius 2 is 2.38 bits per heavy atom. The summed E-state index contributed by atoms with van der Waals surface area (Å²) in [6.07, 6.45) is 0.277.